The van der Waals surface area contributed by atoms with Crippen molar-refractivity contribution in [2.75, 3.05) is 31.1 Å². The SMILES string of the molecule is Cc1c(N2CCN(Cc3ccc(O)c(C(F)(F)F)c3)CC2)c(=O)n(C[C@@H](N)c2ccccc2)c(=O)n1Cc1c(F)cccc1C(F)(F)F. The molecule has 2 heterocycles. The second-order valence-electron chi connectivity index (χ2n) is 11.6. The van der Waals surface area contributed by atoms with E-state index in [4.69, 9.17) is 5.73 Å². The Hall–Kier alpha value is -4.63. The van der Waals surface area contributed by atoms with Gasteiger partial charge in [-0.3, -0.25) is 18.8 Å². The van der Waals surface area contributed by atoms with Crippen LogP contribution >= 0.6 is 0 Å². The molecule has 0 amide bonds. The molecule has 1 aromatic heterocycles. The van der Waals surface area contributed by atoms with Gasteiger partial charge in [-0.2, -0.15) is 26.3 Å². The van der Waals surface area contributed by atoms with Gasteiger partial charge in [0.05, 0.1) is 24.2 Å². The topological polar surface area (TPSA) is 96.7 Å². The van der Waals surface area contributed by atoms with Crippen LogP contribution in [0.25, 0.3) is 0 Å². The van der Waals surface area contributed by atoms with E-state index in [1.54, 1.807) is 35.2 Å². The molecule has 0 radical (unpaired) electrons. The van der Waals surface area contributed by atoms with Gasteiger partial charge >= 0.3 is 18.0 Å². The van der Waals surface area contributed by atoms with Crippen molar-refractivity contribution in [3.63, 3.8) is 0 Å². The molecule has 0 aliphatic carbocycles. The maximum absolute atomic E-state index is 14.9. The van der Waals surface area contributed by atoms with E-state index in [1.165, 1.54) is 13.0 Å². The summed E-state index contributed by atoms with van der Waals surface area (Å²) >= 11 is 0. The first-order chi connectivity index (χ1) is 22.6. The number of hydrogen-bond acceptors (Lipinski definition) is 6. The number of nitrogens with zero attached hydrogens (tertiary/aromatic N) is 4. The lowest BCUT2D eigenvalue weighted by atomic mass is 10.1. The summed E-state index contributed by atoms with van der Waals surface area (Å²) in [6.07, 6.45) is -9.66. The van der Waals surface area contributed by atoms with Gasteiger partial charge in [0, 0.05) is 50.0 Å². The Bertz CT molecular complexity index is 1900. The van der Waals surface area contributed by atoms with Gasteiger partial charge in [0.15, 0.2) is 0 Å². The van der Waals surface area contributed by atoms with Gasteiger partial charge in [-0.25, -0.2) is 9.18 Å². The second-order valence-corrected chi connectivity index (χ2v) is 11.6. The van der Waals surface area contributed by atoms with E-state index in [1.807, 2.05) is 4.90 Å². The number of alkyl halides is 6. The molecule has 48 heavy (non-hydrogen) atoms. The number of phenols is 1. The summed E-state index contributed by atoms with van der Waals surface area (Å²) in [6.45, 7) is 1.27. The van der Waals surface area contributed by atoms with E-state index in [0.717, 1.165) is 33.4 Å². The fourth-order valence-corrected chi connectivity index (χ4v) is 5.94. The van der Waals surface area contributed by atoms with E-state index < -0.39 is 64.4 Å². The lowest BCUT2D eigenvalue weighted by molar-refractivity contribution is -0.139. The van der Waals surface area contributed by atoms with E-state index >= 15 is 0 Å². The molecular weight excluding hydrogens is 647 g/mol. The van der Waals surface area contributed by atoms with Crippen molar-refractivity contribution >= 4 is 5.69 Å². The molecule has 1 fully saturated rings. The number of hydrogen-bond donors (Lipinski definition) is 2. The van der Waals surface area contributed by atoms with Gasteiger partial charge in [0.1, 0.15) is 17.3 Å². The van der Waals surface area contributed by atoms with Crippen molar-refractivity contribution in [2.24, 2.45) is 5.73 Å². The van der Waals surface area contributed by atoms with Crippen molar-refractivity contribution in [3.8, 4) is 5.75 Å². The van der Waals surface area contributed by atoms with Gasteiger partial charge in [-0.05, 0) is 42.3 Å². The van der Waals surface area contributed by atoms with Gasteiger partial charge < -0.3 is 15.7 Å². The Morgan fingerprint density at radius 3 is 2.08 bits per heavy atom. The molecule has 1 aliphatic heterocycles. The van der Waals surface area contributed by atoms with Gasteiger partial charge in [-0.15, -0.1) is 0 Å². The van der Waals surface area contributed by atoms with Crippen LogP contribution in [0.3, 0.4) is 0 Å². The number of benzene rings is 3. The molecule has 5 rings (SSSR count). The number of rotatable bonds is 8. The van der Waals surface area contributed by atoms with Crippen molar-refractivity contribution in [1.29, 1.82) is 0 Å². The number of aromatic hydroxyl groups is 1. The number of anilines is 1. The summed E-state index contributed by atoms with van der Waals surface area (Å²) in [5.74, 6) is -2.06. The van der Waals surface area contributed by atoms with E-state index in [2.05, 4.69) is 0 Å². The van der Waals surface area contributed by atoms with Crippen molar-refractivity contribution in [3.05, 3.63) is 127 Å². The smallest absolute Gasteiger partial charge is 0.419 e. The third-order valence-corrected chi connectivity index (χ3v) is 8.47. The van der Waals surface area contributed by atoms with E-state index in [0.29, 0.717) is 17.2 Å². The predicted molar refractivity (Wildman–Crippen MR) is 164 cm³/mol. The average molecular weight is 680 g/mol. The third kappa shape index (κ3) is 7.26. The number of halogens is 7. The highest BCUT2D eigenvalue weighted by Gasteiger charge is 2.36. The Balaban J connectivity index is 1.50. The van der Waals surface area contributed by atoms with Gasteiger partial charge in [0.2, 0.25) is 0 Å². The van der Waals surface area contributed by atoms with Crippen LogP contribution in [0.2, 0.25) is 0 Å². The Labute approximate surface area is 270 Å². The number of piperazine rings is 1. The zero-order valence-corrected chi connectivity index (χ0v) is 25.7. The molecule has 1 aliphatic rings. The van der Waals surface area contributed by atoms with Crippen LogP contribution in [-0.4, -0.2) is 45.3 Å². The highest BCUT2D eigenvalue weighted by Crippen LogP contribution is 2.37. The third-order valence-electron chi connectivity index (χ3n) is 8.47. The molecule has 3 N–H and O–H groups in total. The standard InChI is InChI=1S/C33H32F7N5O3/c1-20-29(43-14-12-42(13-15-43)17-21-10-11-28(46)25(16-21)33(38,39)40)30(47)45(19-27(41)22-6-3-2-4-7-22)31(48)44(20)18-23-24(32(35,36)37)8-5-9-26(23)34/h2-11,16,27,46H,12-15,17-19,41H2,1H3/t27-/m1/s1. The predicted octanol–water partition coefficient (Wildman–Crippen LogP) is 5.27. The molecule has 0 spiro atoms. The highest BCUT2D eigenvalue weighted by molar-refractivity contribution is 5.50. The largest absolute Gasteiger partial charge is 0.507 e. The minimum Gasteiger partial charge on any atom is -0.507 e. The van der Waals surface area contributed by atoms with Crippen molar-refractivity contribution in [2.45, 2.75) is 45.0 Å². The fraction of sp³-hybridized carbons (Fsp3) is 0.333. The number of nitrogens with two attached hydrogens (primary N) is 1. The van der Waals surface area contributed by atoms with Crippen LogP contribution in [0.15, 0.2) is 76.3 Å². The minimum absolute atomic E-state index is 0.0170. The van der Waals surface area contributed by atoms with Crippen LogP contribution in [-0.2, 0) is 32.0 Å². The summed E-state index contributed by atoms with van der Waals surface area (Å²) in [5.41, 5.74) is 2.42. The van der Waals surface area contributed by atoms with Gasteiger partial charge in [-0.1, -0.05) is 42.5 Å². The normalized spacial score (nSPS) is 15.1. The zero-order chi connectivity index (χ0) is 35.0. The van der Waals surface area contributed by atoms with E-state index in [-0.39, 0.29) is 50.6 Å². The molecule has 1 atom stereocenters. The average Bonchev–Trinajstić information content (AvgIpc) is 3.03. The monoisotopic (exact) mass is 679 g/mol. The Kier molecular flexibility index (Phi) is 9.74. The maximum Gasteiger partial charge on any atom is 0.419 e. The highest BCUT2D eigenvalue weighted by atomic mass is 19.4. The molecule has 1 saturated heterocycles. The quantitative estimate of drug-likeness (QED) is 0.247. The molecule has 256 valence electrons. The van der Waals surface area contributed by atoms with Crippen molar-refractivity contribution in [1.82, 2.24) is 14.0 Å². The first-order valence-corrected chi connectivity index (χ1v) is 14.9. The molecular formula is C33H32F7N5O3. The van der Waals surface area contributed by atoms with Crippen LogP contribution in [0, 0.1) is 12.7 Å². The first kappa shape index (κ1) is 34.7. The fourth-order valence-electron chi connectivity index (χ4n) is 5.94. The molecule has 15 heteroatoms. The minimum atomic E-state index is -4.92. The van der Waals surface area contributed by atoms with E-state index in [9.17, 15) is 45.4 Å². The molecule has 4 aromatic rings. The van der Waals surface area contributed by atoms with Crippen LogP contribution in [0.4, 0.5) is 36.4 Å². The summed E-state index contributed by atoms with van der Waals surface area (Å²) in [6, 6.07) is 13.5. The summed E-state index contributed by atoms with van der Waals surface area (Å²) in [7, 11) is 0. The lowest BCUT2D eigenvalue weighted by Gasteiger charge is -2.37. The summed E-state index contributed by atoms with van der Waals surface area (Å²) < 4.78 is 98.3. The number of phenolic OH excluding ortho intramolecular Hbond substituents is 1. The second kappa shape index (κ2) is 13.5. The number of aromatic nitrogens is 2. The van der Waals surface area contributed by atoms with Crippen LogP contribution in [0.5, 0.6) is 5.75 Å². The molecule has 0 saturated carbocycles. The summed E-state index contributed by atoms with van der Waals surface area (Å²) in [5, 5.41) is 9.66. The van der Waals surface area contributed by atoms with Crippen LogP contribution < -0.4 is 21.9 Å². The zero-order valence-electron chi connectivity index (χ0n) is 25.7. The molecule has 8 nitrogen and oxygen atoms in total. The molecule has 0 unspecified atom stereocenters. The Morgan fingerprint density at radius 1 is 0.812 bits per heavy atom. The molecule has 3 aromatic carbocycles. The van der Waals surface area contributed by atoms with Crippen LogP contribution in [0.1, 0.15) is 39.6 Å². The van der Waals surface area contributed by atoms with Crippen molar-refractivity contribution < 1.29 is 35.8 Å². The van der Waals surface area contributed by atoms with Gasteiger partial charge in [0.25, 0.3) is 5.56 Å². The maximum atomic E-state index is 14.9. The Morgan fingerprint density at radius 2 is 1.46 bits per heavy atom. The molecule has 0 bridgehead atoms. The first-order valence-electron chi connectivity index (χ1n) is 14.9. The lowest BCUT2D eigenvalue weighted by Crippen LogP contribution is -2.51. The summed E-state index contributed by atoms with van der Waals surface area (Å²) in [4.78, 5) is 31.3.